The highest BCUT2D eigenvalue weighted by Crippen LogP contribution is 2.44. The molecule has 4 rings (SSSR count). The Balaban J connectivity index is 1.38. The molecule has 0 heterocycles. The fourth-order valence-electron chi connectivity index (χ4n) is 3.93. The highest BCUT2D eigenvalue weighted by Gasteiger charge is 2.29. The number of carboxylic acids is 1. The van der Waals surface area contributed by atoms with E-state index in [1.807, 2.05) is 48.5 Å². The molecule has 0 fully saturated rings. The smallest absolute Gasteiger partial charge is 0.407 e. The van der Waals surface area contributed by atoms with Gasteiger partial charge in [-0.25, -0.2) is 9.59 Å². The van der Waals surface area contributed by atoms with E-state index in [1.165, 1.54) is 19.1 Å². The minimum atomic E-state index is -1.18. The van der Waals surface area contributed by atoms with Crippen molar-refractivity contribution in [3.63, 3.8) is 0 Å². The van der Waals surface area contributed by atoms with Crippen LogP contribution in [0.25, 0.3) is 11.1 Å². The Morgan fingerprint density at radius 2 is 1.61 bits per heavy atom. The second-order valence-corrected chi connectivity index (χ2v) is 8.59. The predicted molar refractivity (Wildman–Crippen MR) is 127 cm³/mol. The number of halogens is 1. The maximum atomic E-state index is 12.5. The number of carbonyl (C=O) groups excluding carboxylic acids is 2. The molecule has 0 bridgehead atoms. The van der Waals surface area contributed by atoms with Gasteiger partial charge in [0.15, 0.2) is 0 Å². The lowest BCUT2D eigenvalue weighted by molar-refractivity contribution is -0.117. The van der Waals surface area contributed by atoms with Crippen LogP contribution in [0.15, 0.2) is 71.2 Å². The lowest BCUT2D eigenvalue weighted by Crippen LogP contribution is -2.42. The summed E-state index contributed by atoms with van der Waals surface area (Å²) in [5, 5.41) is 14.4. The average Bonchev–Trinajstić information content (AvgIpc) is 3.12. The van der Waals surface area contributed by atoms with Gasteiger partial charge in [0.1, 0.15) is 12.6 Å². The van der Waals surface area contributed by atoms with Crippen molar-refractivity contribution in [3.8, 4) is 11.1 Å². The molecule has 1 aliphatic rings. The first kappa shape index (κ1) is 22.5. The van der Waals surface area contributed by atoms with Crippen molar-refractivity contribution < 1.29 is 24.2 Å². The number of rotatable bonds is 6. The summed E-state index contributed by atoms with van der Waals surface area (Å²) in [7, 11) is 0. The molecule has 2 amide bonds. The van der Waals surface area contributed by atoms with Crippen LogP contribution in [0.2, 0.25) is 0 Å². The Morgan fingerprint density at radius 1 is 1.00 bits per heavy atom. The number of hydrogen-bond acceptors (Lipinski definition) is 4. The van der Waals surface area contributed by atoms with Gasteiger partial charge in [-0.15, -0.1) is 0 Å². The quantitative estimate of drug-likeness (QED) is 0.433. The normalized spacial score (nSPS) is 12.9. The topological polar surface area (TPSA) is 105 Å². The van der Waals surface area contributed by atoms with Gasteiger partial charge in [-0.2, -0.15) is 0 Å². The van der Waals surface area contributed by atoms with Crippen molar-refractivity contribution in [3.05, 3.63) is 87.9 Å². The Bertz CT molecular complexity index is 1200. The van der Waals surface area contributed by atoms with Crippen molar-refractivity contribution in [2.75, 3.05) is 11.9 Å². The first-order chi connectivity index (χ1) is 15.8. The van der Waals surface area contributed by atoms with Gasteiger partial charge in [-0.05, 0) is 47.4 Å². The summed E-state index contributed by atoms with van der Waals surface area (Å²) in [6.07, 6.45) is -0.728. The van der Waals surface area contributed by atoms with Crippen molar-refractivity contribution >= 4 is 39.6 Å². The Hall–Kier alpha value is -3.65. The summed E-state index contributed by atoms with van der Waals surface area (Å²) < 4.78 is 6.03. The zero-order valence-electron chi connectivity index (χ0n) is 17.7. The Kier molecular flexibility index (Phi) is 6.46. The van der Waals surface area contributed by atoms with Crippen molar-refractivity contribution in [1.82, 2.24) is 5.32 Å². The van der Waals surface area contributed by atoms with Gasteiger partial charge >= 0.3 is 12.1 Å². The highest BCUT2D eigenvalue weighted by atomic mass is 79.9. The van der Waals surface area contributed by atoms with Crippen LogP contribution >= 0.6 is 15.9 Å². The van der Waals surface area contributed by atoms with E-state index in [2.05, 4.69) is 26.6 Å². The summed E-state index contributed by atoms with van der Waals surface area (Å²) in [5.41, 5.74) is 4.50. The van der Waals surface area contributed by atoms with Crippen molar-refractivity contribution in [1.29, 1.82) is 0 Å². The molecule has 0 aromatic heterocycles. The van der Waals surface area contributed by atoms with Crippen molar-refractivity contribution in [2.45, 2.75) is 18.9 Å². The van der Waals surface area contributed by atoms with E-state index in [1.54, 1.807) is 6.07 Å². The average molecular weight is 509 g/mol. The SMILES string of the molecule is C[C@H](NC(=O)OCC1c2ccccc2-c2ccccc21)C(=O)Nc1ccc(Br)cc1C(=O)O. The molecule has 8 heteroatoms. The first-order valence-electron chi connectivity index (χ1n) is 10.3. The maximum absolute atomic E-state index is 12.5. The molecule has 168 valence electrons. The summed E-state index contributed by atoms with van der Waals surface area (Å²) in [6.45, 7) is 1.63. The molecule has 3 aromatic carbocycles. The lowest BCUT2D eigenvalue weighted by Gasteiger charge is -2.17. The van der Waals surface area contributed by atoms with Crippen LogP contribution in [-0.2, 0) is 9.53 Å². The van der Waals surface area contributed by atoms with E-state index in [4.69, 9.17) is 4.74 Å². The number of benzene rings is 3. The van der Waals surface area contributed by atoms with Crippen LogP contribution in [0.3, 0.4) is 0 Å². The second-order valence-electron chi connectivity index (χ2n) is 7.68. The van der Waals surface area contributed by atoms with Gasteiger partial charge in [-0.1, -0.05) is 64.5 Å². The Morgan fingerprint density at radius 3 is 2.21 bits per heavy atom. The largest absolute Gasteiger partial charge is 0.478 e. The van der Waals surface area contributed by atoms with Gasteiger partial charge in [0.05, 0.1) is 11.3 Å². The first-order valence-corrected chi connectivity index (χ1v) is 11.1. The number of carboxylic acid groups (broad SMARTS) is 1. The number of alkyl carbamates (subject to hydrolysis) is 1. The number of hydrogen-bond donors (Lipinski definition) is 3. The molecule has 0 saturated heterocycles. The molecule has 3 N–H and O–H groups in total. The van der Waals surface area contributed by atoms with Gasteiger partial charge in [-0.3, -0.25) is 4.79 Å². The third-order valence-corrected chi connectivity index (χ3v) is 6.03. The summed E-state index contributed by atoms with van der Waals surface area (Å²) in [4.78, 5) is 36.3. The lowest BCUT2D eigenvalue weighted by atomic mass is 9.98. The van der Waals surface area contributed by atoms with E-state index in [0.717, 1.165) is 22.3 Å². The fourth-order valence-corrected chi connectivity index (χ4v) is 4.29. The summed E-state index contributed by atoms with van der Waals surface area (Å²) in [6, 6.07) is 19.6. The second kappa shape index (κ2) is 9.46. The van der Waals surface area contributed by atoms with Crippen LogP contribution < -0.4 is 10.6 Å². The number of aromatic carboxylic acids is 1. The molecule has 0 saturated carbocycles. The molecule has 1 aliphatic carbocycles. The van der Waals surface area contributed by atoms with E-state index >= 15 is 0 Å². The van der Waals surface area contributed by atoms with Crippen LogP contribution in [0.5, 0.6) is 0 Å². The molecule has 33 heavy (non-hydrogen) atoms. The molecule has 0 spiro atoms. The van der Waals surface area contributed by atoms with Crippen LogP contribution in [0.4, 0.5) is 10.5 Å². The molecule has 0 radical (unpaired) electrons. The van der Waals surface area contributed by atoms with Crippen LogP contribution in [0, 0.1) is 0 Å². The summed E-state index contributed by atoms with van der Waals surface area (Å²) in [5.74, 6) is -1.83. The zero-order chi connectivity index (χ0) is 23.5. The molecule has 0 unspecified atom stereocenters. The van der Waals surface area contributed by atoms with Gasteiger partial charge < -0.3 is 20.5 Å². The third kappa shape index (κ3) is 4.75. The van der Waals surface area contributed by atoms with Crippen LogP contribution in [0.1, 0.15) is 34.3 Å². The van der Waals surface area contributed by atoms with Crippen molar-refractivity contribution in [2.24, 2.45) is 0 Å². The molecule has 7 nitrogen and oxygen atoms in total. The van der Waals surface area contributed by atoms with E-state index in [9.17, 15) is 19.5 Å². The molecular formula is C25H21BrN2O5. The van der Waals surface area contributed by atoms with E-state index in [0.29, 0.717) is 4.47 Å². The fraction of sp³-hybridized carbons (Fsp3) is 0.160. The third-order valence-electron chi connectivity index (χ3n) is 5.54. The van der Waals surface area contributed by atoms with Gasteiger partial charge in [0, 0.05) is 10.4 Å². The van der Waals surface area contributed by atoms with Crippen LogP contribution in [-0.4, -0.2) is 35.7 Å². The molecule has 0 aliphatic heterocycles. The maximum Gasteiger partial charge on any atom is 0.407 e. The number of fused-ring (bicyclic) bond motifs is 3. The predicted octanol–water partition coefficient (Wildman–Crippen LogP) is 5.01. The summed E-state index contributed by atoms with van der Waals surface area (Å²) >= 11 is 3.21. The number of carbonyl (C=O) groups is 3. The molecule has 3 aromatic rings. The molecule has 1 atom stereocenters. The minimum absolute atomic E-state index is 0.0638. The zero-order valence-corrected chi connectivity index (χ0v) is 19.3. The standard InChI is InChI=1S/C25H21BrN2O5/c1-14(23(29)28-22-11-10-15(26)12-20(22)24(30)31)27-25(32)33-13-21-18-8-4-2-6-16(18)17-7-3-5-9-19(17)21/h2-12,14,21H,13H2,1H3,(H,27,32)(H,28,29)(H,30,31)/t14-/m0/s1. The number of anilines is 1. The monoisotopic (exact) mass is 508 g/mol. The number of nitrogens with one attached hydrogen (secondary N) is 2. The van der Waals surface area contributed by atoms with Gasteiger partial charge in [0.2, 0.25) is 5.91 Å². The minimum Gasteiger partial charge on any atom is -0.478 e. The number of ether oxygens (including phenoxy) is 1. The Labute approximate surface area is 198 Å². The molecular weight excluding hydrogens is 488 g/mol. The van der Waals surface area contributed by atoms with Gasteiger partial charge in [0.25, 0.3) is 0 Å². The van der Waals surface area contributed by atoms with E-state index in [-0.39, 0.29) is 23.8 Å². The number of amides is 2. The highest BCUT2D eigenvalue weighted by molar-refractivity contribution is 9.10. The van der Waals surface area contributed by atoms with E-state index < -0.39 is 24.0 Å².